The number of para-hydroxylation sites is 1. The summed E-state index contributed by atoms with van der Waals surface area (Å²) in [5, 5.41) is 1.11. The maximum Gasteiger partial charge on any atom is 0.266 e. The second kappa shape index (κ2) is 8.43. The number of benzene rings is 2. The number of fused-ring (bicyclic) bond motifs is 1. The SMILES string of the molecule is O=C(COc1ccc(F)cc1)N(CC1CCCO1)c1nc2c(Cl)cccc2s1. The normalized spacial score (nSPS) is 16.4. The van der Waals surface area contributed by atoms with Crippen LogP contribution in [-0.4, -0.2) is 36.8 Å². The maximum atomic E-state index is 13.0. The molecule has 1 aliphatic rings. The van der Waals surface area contributed by atoms with Crippen molar-refractivity contribution in [1.29, 1.82) is 0 Å². The predicted molar refractivity (Wildman–Crippen MR) is 108 cm³/mol. The Morgan fingerprint density at radius 2 is 2.14 bits per heavy atom. The van der Waals surface area contributed by atoms with Crippen molar-refractivity contribution in [2.24, 2.45) is 0 Å². The van der Waals surface area contributed by atoms with Gasteiger partial charge < -0.3 is 9.47 Å². The number of rotatable bonds is 6. The molecule has 28 heavy (non-hydrogen) atoms. The van der Waals surface area contributed by atoms with Crippen LogP contribution in [-0.2, 0) is 9.53 Å². The fourth-order valence-electron chi connectivity index (χ4n) is 3.05. The lowest BCUT2D eigenvalue weighted by atomic mass is 10.2. The Bertz CT molecular complexity index is 973. The van der Waals surface area contributed by atoms with Crippen molar-refractivity contribution in [2.45, 2.75) is 18.9 Å². The number of nitrogens with zero attached hydrogens (tertiary/aromatic N) is 2. The Morgan fingerprint density at radius 3 is 2.86 bits per heavy atom. The van der Waals surface area contributed by atoms with Crippen molar-refractivity contribution in [2.75, 3.05) is 24.7 Å². The molecule has 0 bridgehead atoms. The molecule has 2 aromatic carbocycles. The van der Waals surface area contributed by atoms with E-state index in [0.29, 0.717) is 34.6 Å². The quantitative estimate of drug-likeness (QED) is 0.581. The van der Waals surface area contributed by atoms with Gasteiger partial charge in [-0.2, -0.15) is 0 Å². The first-order valence-corrected chi connectivity index (χ1v) is 10.1. The van der Waals surface area contributed by atoms with Crippen molar-refractivity contribution < 1.29 is 18.7 Å². The summed E-state index contributed by atoms with van der Waals surface area (Å²) >= 11 is 7.64. The Morgan fingerprint density at radius 1 is 1.32 bits per heavy atom. The molecular weight excluding hydrogens is 403 g/mol. The average Bonchev–Trinajstić information content (AvgIpc) is 3.35. The summed E-state index contributed by atoms with van der Waals surface area (Å²) in [6.07, 6.45) is 1.84. The predicted octanol–water partition coefficient (Wildman–Crippen LogP) is 4.68. The molecule has 0 radical (unpaired) electrons. The van der Waals surface area contributed by atoms with Gasteiger partial charge in [0.1, 0.15) is 17.1 Å². The van der Waals surface area contributed by atoms with Crippen molar-refractivity contribution >= 4 is 44.2 Å². The highest BCUT2D eigenvalue weighted by molar-refractivity contribution is 7.22. The fraction of sp³-hybridized carbons (Fsp3) is 0.300. The largest absolute Gasteiger partial charge is 0.484 e. The van der Waals surface area contributed by atoms with Crippen LogP contribution in [0.1, 0.15) is 12.8 Å². The van der Waals surface area contributed by atoms with Gasteiger partial charge in [-0.3, -0.25) is 9.69 Å². The summed E-state index contributed by atoms with van der Waals surface area (Å²) in [5.41, 5.74) is 0.675. The highest BCUT2D eigenvalue weighted by Gasteiger charge is 2.26. The molecular formula is C20H18ClFN2O3S. The minimum absolute atomic E-state index is 0.0303. The molecule has 1 aromatic heterocycles. The summed E-state index contributed by atoms with van der Waals surface area (Å²) in [4.78, 5) is 19.1. The molecule has 0 spiro atoms. The van der Waals surface area contributed by atoms with Crippen LogP contribution < -0.4 is 9.64 Å². The number of carbonyl (C=O) groups is 1. The van der Waals surface area contributed by atoms with E-state index in [1.807, 2.05) is 12.1 Å². The number of thiazole rings is 1. The van der Waals surface area contributed by atoms with E-state index >= 15 is 0 Å². The monoisotopic (exact) mass is 420 g/mol. The summed E-state index contributed by atoms with van der Waals surface area (Å²) < 4.78 is 25.2. The van der Waals surface area contributed by atoms with Crippen LogP contribution in [0.15, 0.2) is 42.5 Å². The van der Waals surface area contributed by atoms with Gasteiger partial charge in [0.25, 0.3) is 5.91 Å². The third-order valence-corrected chi connectivity index (χ3v) is 5.83. The van der Waals surface area contributed by atoms with Gasteiger partial charge in [0, 0.05) is 6.61 Å². The third kappa shape index (κ3) is 4.27. The second-order valence-corrected chi connectivity index (χ2v) is 7.88. The minimum atomic E-state index is -0.356. The van der Waals surface area contributed by atoms with E-state index in [-0.39, 0.29) is 24.4 Å². The molecule has 1 unspecified atom stereocenters. The Kier molecular flexibility index (Phi) is 5.75. The molecule has 1 saturated heterocycles. The van der Waals surface area contributed by atoms with Crippen LogP contribution in [0, 0.1) is 5.82 Å². The second-order valence-electron chi connectivity index (χ2n) is 6.46. The molecule has 0 aliphatic carbocycles. The summed E-state index contributed by atoms with van der Waals surface area (Å²) in [5.74, 6) is -0.167. The number of amides is 1. The van der Waals surface area contributed by atoms with Crippen molar-refractivity contribution in [1.82, 2.24) is 4.98 Å². The molecule has 1 amide bonds. The van der Waals surface area contributed by atoms with E-state index < -0.39 is 0 Å². The summed E-state index contributed by atoms with van der Waals surface area (Å²) in [7, 11) is 0. The molecule has 5 nitrogen and oxygen atoms in total. The molecule has 8 heteroatoms. The summed E-state index contributed by atoms with van der Waals surface area (Å²) in [6.45, 7) is 0.926. The number of hydrogen-bond donors (Lipinski definition) is 0. The first kappa shape index (κ1) is 19.1. The standard InChI is InChI=1S/C20H18ClFN2O3S/c21-16-4-1-5-17-19(16)23-20(28-17)24(11-15-3-2-10-26-15)18(25)12-27-14-8-6-13(22)7-9-14/h1,4-9,15H,2-3,10-12H2. The van der Waals surface area contributed by atoms with Gasteiger partial charge >= 0.3 is 0 Å². The molecule has 1 aliphatic heterocycles. The average molecular weight is 421 g/mol. The van der Waals surface area contributed by atoms with Gasteiger partial charge in [-0.25, -0.2) is 9.37 Å². The molecule has 4 rings (SSSR count). The zero-order chi connectivity index (χ0) is 19.5. The van der Waals surface area contributed by atoms with Gasteiger partial charge in [-0.1, -0.05) is 29.0 Å². The number of hydrogen-bond acceptors (Lipinski definition) is 5. The highest BCUT2D eigenvalue weighted by Crippen LogP contribution is 2.33. The number of halogens is 2. The summed E-state index contributed by atoms with van der Waals surface area (Å²) in [6, 6.07) is 11.1. The molecule has 0 saturated carbocycles. The molecule has 3 aromatic rings. The van der Waals surface area contributed by atoms with E-state index in [1.54, 1.807) is 11.0 Å². The van der Waals surface area contributed by atoms with Crippen LogP contribution in [0.3, 0.4) is 0 Å². The molecule has 2 heterocycles. The van der Waals surface area contributed by atoms with Crippen molar-refractivity contribution in [3.8, 4) is 5.75 Å². The topological polar surface area (TPSA) is 51.7 Å². The van der Waals surface area contributed by atoms with Crippen LogP contribution in [0.2, 0.25) is 5.02 Å². The number of carbonyl (C=O) groups excluding carboxylic acids is 1. The first-order valence-electron chi connectivity index (χ1n) is 8.95. The maximum absolute atomic E-state index is 13.0. The molecule has 146 valence electrons. The van der Waals surface area contributed by atoms with Gasteiger partial charge in [0.15, 0.2) is 11.7 Å². The fourth-order valence-corrected chi connectivity index (χ4v) is 4.34. The third-order valence-electron chi connectivity index (χ3n) is 4.48. The molecule has 0 N–H and O–H groups in total. The first-order chi connectivity index (χ1) is 13.6. The van der Waals surface area contributed by atoms with Gasteiger partial charge in [-0.05, 0) is 49.2 Å². The van der Waals surface area contributed by atoms with E-state index in [9.17, 15) is 9.18 Å². The van der Waals surface area contributed by atoms with Gasteiger partial charge in [0.05, 0.1) is 22.4 Å². The lowest BCUT2D eigenvalue weighted by Crippen LogP contribution is -2.40. The number of aromatic nitrogens is 1. The van der Waals surface area contributed by atoms with E-state index in [0.717, 1.165) is 17.5 Å². The Labute approximate surface area is 170 Å². The van der Waals surface area contributed by atoms with Crippen molar-refractivity contribution in [3.63, 3.8) is 0 Å². The highest BCUT2D eigenvalue weighted by atomic mass is 35.5. The van der Waals surface area contributed by atoms with E-state index in [1.165, 1.54) is 35.6 Å². The lowest BCUT2D eigenvalue weighted by Gasteiger charge is -2.23. The minimum Gasteiger partial charge on any atom is -0.484 e. The number of anilines is 1. The van der Waals surface area contributed by atoms with Crippen LogP contribution in [0.5, 0.6) is 5.75 Å². The van der Waals surface area contributed by atoms with Gasteiger partial charge in [-0.15, -0.1) is 0 Å². The van der Waals surface area contributed by atoms with Crippen LogP contribution in [0.25, 0.3) is 10.2 Å². The molecule has 1 fully saturated rings. The van der Waals surface area contributed by atoms with E-state index in [4.69, 9.17) is 21.1 Å². The molecule has 1 atom stereocenters. The zero-order valence-electron chi connectivity index (χ0n) is 14.9. The zero-order valence-corrected chi connectivity index (χ0v) is 16.5. The van der Waals surface area contributed by atoms with E-state index in [2.05, 4.69) is 4.98 Å². The smallest absolute Gasteiger partial charge is 0.266 e. The van der Waals surface area contributed by atoms with Crippen molar-refractivity contribution in [3.05, 3.63) is 53.3 Å². The lowest BCUT2D eigenvalue weighted by molar-refractivity contribution is -0.120. The van der Waals surface area contributed by atoms with Crippen LogP contribution >= 0.6 is 22.9 Å². The van der Waals surface area contributed by atoms with Crippen LogP contribution in [0.4, 0.5) is 9.52 Å². The Balaban J connectivity index is 1.55. The Hall–Kier alpha value is -2.22. The number of ether oxygens (including phenoxy) is 2. The van der Waals surface area contributed by atoms with Gasteiger partial charge in [0.2, 0.25) is 0 Å².